The van der Waals surface area contributed by atoms with Crippen molar-refractivity contribution >= 4 is 29.2 Å². The number of carbonyl (C=O) groups is 3. The Bertz CT molecular complexity index is 1290. The molecular weight excluding hydrogens is 486 g/mol. The van der Waals surface area contributed by atoms with E-state index in [1.807, 2.05) is 4.90 Å². The van der Waals surface area contributed by atoms with Crippen molar-refractivity contribution in [2.45, 2.75) is 18.2 Å². The molecule has 5 rings (SSSR count). The van der Waals surface area contributed by atoms with Crippen molar-refractivity contribution in [3.8, 4) is 17.6 Å². The largest absolute Gasteiger partial charge is 0.497 e. The number of fused-ring (bicyclic) bond motifs is 1. The van der Waals surface area contributed by atoms with E-state index in [4.69, 9.17) is 9.47 Å². The highest BCUT2D eigenvalue weighted by molar-refractivity contribution is 7.12. The van der Waals surface area contributed by atoms with Crippen LogP contribution in [0.3, 0.4) is 0 Å². The van der Waals surface area contributed by atoms with Gasteiger partial charge in [0.05, 0.1) is 31.7 Å². The molecule has 4 amide bonds. The highest BCUT2D eigenvalue weighted by Gasteiger charge is 2.48. The van der Waals surface area contributed by atoms with Crippen molar-refractivity contribution in [2.75, 3.05) is 40.0 Å². The zero-order chi connectivity index (χ0) is 25.3. The number of amides is 4. The maximum Gasteiger partial charge on any atom is 0.323 e. The quantitative estimate of drug-likeness (QED) is 0.342. The summed E-state index contributed by atoms with van der Waals surface area (Å²) >= 11 is 1.29. The summed E-state index contributed by atoms with van der Waals surface area (Å²) in [4.78, 5) is 54.2. The molecule has 2 fully saturated rings. The van der Waals surface area contributed by atoms with Gasteiger partial charge in [0, 0.05) is 30.1 Å². The maximum absolute atomic E-state index is 13.0. The summed E-state index contributed by atoms with van der Waals surface area (Å²) in [7, 11) is 1.52. The Labute approximate surface area is 210 Å². The summed E-state index contributed by atoms with van der Waals surface area (Å²) in [5.74, 6) is 5.50. The fourth-order valence-electron chi connectivity index (χ4n) is 4.46. The van der Waals surface area contributed by atoms with Crippen LogP contribution in [0.2, 0.25) is 0 Å². The third-order valence-corrected chi connectivity index (χ3v) is 7.38. The maximum atomic E-state index is 13.0. The van der Waals surface area contributed by atoms with Crippen LogP contribution in [0.5, 0.6) is 5.75 Å². The number of ether oxygens (including phenoxy) is 2. The lowest BCUT2D eigenvalue weighted by molar-refractivity contribution is -0.122. The fourth-order valence-corrected chi connectivity index (χ4v) is 5.39. The van der Waals surface area contributed by atoms with E-state index in [1.54, 1.807) is 30.3 Å². The summed E-state index contributed by atoms with van der Waals surface area (Å²) in [5, 5.41) is 8.11. The number of methoxy groups -OCH3 is 1. The Morgan fingerprint density at radius 2 is 2.03 bits per heavy atom. The van der Waals surface area contributed by atoms with Crippen LogP contribution < -0.4 is 15.4 Å². The fraction of sp³-hybridized carbons (Fsp3) is 0.375. The number of urea groups is 1. The zero-order valence-corrected chi connectivity index (χ0v) is 20.2. The molecule has 2 saturated heterocycles. The molecule has 1 aromatic carbocycles. The predicted octanol–water partition coefficient (Wildman–Crippen LogP) is 1.44. The van der Waals surface area contributed by atoms with E-state index in [1.165, 1.54) is 23.3 Å². The van der Waals surface area contributed by atoms with Crippen LogP contribution >= 0.6 is 11.3 Å². The average Bonchev–Trinajstić information content (AvgIpc) is 3.55. The van der Waals surface area contributed by atoms with E-state index in [0.717, 1.165) is 10.4 Å². The van der Waals surface area contributed by atoms with Gasteiger partial charge in [-0.1, -0.05) is 17.9 Å². The lowest BCUT2D eigenvalue weighted by Gasteiger charge is -2.29. The van der Waals surface area contributed by atoms with Gasteiger partial charge in [-0.05, 0) is 35.0 Å². The van der Waals surface area contributed by atoms with Gasteiger partial charge in [0.15, 0.2) is 6.17 Å². The SMILES string of the molecule is COc1ccc2c(c1)C(=O)N(C[C@@]1(C#Cc3ccc(C(N=O)N4CCOCC4)s3)NC(=O)NC1=O)C2. The summed E-state index contributed by atoms with van der Waals surface area (Å²) in [6.07, 6.45) is -0.643. The molecule has 11 nitrogen and oxygen atoms in total. The Balaban J connectivity index is 1.38. The number of morpholine rings is 1. The highest BCUT2D eigenvalue weighted by atomic mass is 32.1. The molecule has 186 valence electrons. The minimum Gasteiger partial charge on any atom is -0.497 e. The molecule has 12 heteroatoms. The Morgan fingerprint density at radius 3 is 2.72 bits per heavy atom. The second-order valence-electron chi connectivity index (χ2n) is 8.58. The molecule has 0 radical (unpaired) electrons. The molecule has 0 bridgehead atoms. The van der Waals surface area contributed by atoms with Crippen molar-refractivity contribution in [1.82, 2.24) is 20.4 Å². The van der Waals surface area contributed by atoms with Crippen LogP contribution in [0.25, 0.3) is 0 Å². The molecule has 3 aliphatic heterocycles. The molecule has 4 heterocycles. The monoisotopic (exact) mass is 509 g/mol. The highest BCUT2D eigenvalue weighted by Crippen LogP contribution is 2.30. The number of nitrogens with zero attached hydrogens (tertiary/aromatic N) is 3. The number of rotatable bonds is 6. The van der Waals surface area contributed by atoms with Crippen molar-refractivity contribution in [3.05, 3.63) is 56.1 Å². The van der Waals surface area contributed by atoms with Gasteiger partial charge < -0.3 is 19.7 Å². The van der Waals surface area contributed by atoms with Crippen molar-refractivity contribution in [1.29, 1.82) is 0 Å². The molecule has 0 saturated carbocycles. The zero-order valence-electron chi connectivity index (χ0n) is 19.4. The third-order valence-electron chi connectivity index (χ3n) is 6.34. The number of benzene rings is 1. The number of hydrogen-bond donors (Lipinski definition) is 2. The molecule has 1 aromatic heterocycles. The van der Waals surface area contributed by atoms with Gasteiger partial charge in [0.25, 0.3) is 11.8 Å². The standard InChI is InChI=1S/C24H23N5O6S/c1-34-16-3-2-15-13-29(21(30)18(15)12-16)14-24(22(31)25-23(32)26-24)7-6-17-4-5-19(36-17)20(27-33)28-8-10-35-11-9-28/h2-5,12,20H,8-11,13-14H2,1H3,(H2,25,26,31,32)/t20?,24-/m1/s1. The Hall–Kier alpha value is -3.79. The molecule has 2 aromatic rings. The van der Waals surface area contributed by atoms with Crippen LogP contribution in [0.15, 0.2) is 35.5 Å². The number of nitroso groups, excluding NO2 is 1. The molecule has 3 aliphatic rings. The number of nitrogens with one attached hydrogen (secondary N) is 2. The molecule has 36 heavy (non-hydrogen) atoms. The first-order valence-corrected chi connectivity index (χ1v) is 12.1. The number of imide groups is 1. The number of thiophene rings is 1. The van der Waals surface area contributed by atoms with Crippen LogP contribution in [0.4, 0.5) is 4.79 Å². The van der Waals surface area contributed by atoms with E-state index in [2.05, 4.69) is 27.7 Å². The lowest BCUT2D eigenvalue weighted by atomic mass is 9.99. The third kappa shape index (κ3) is 4.44. The first-order valence-electron chi connectivity index (χ1n) is 11.3. The van der Waals surface area contributed by atoms with Gasteiger partial charge >= 0.3 is 6.03 Å². The van der Waals surface area contributed by atoms with Crippen molar-refractivity contribution in [2.24, 2.45) is 5.18 Å². The second-order valence-corrected chi connectivity index (χ2v) is 9.69. The lowest BCUT2D eigenvalue weighted by Crippen LogP contribution is -2.54. The number of carbonyl (C=O) groups excluding carboxylic acids is 3. The molecule has 2 atom stereocenters. The van der Waals surface area contributed by atoms with Gasteiger partial charge in [-0.25, -0.2) is 4.79 Å². The normalized spacial score (nSPS) is 22.4. The summed E-state index contributed by atoms with van der Waals surface area (Å²) in [5.41, 5.74) is -0.331. The van der Waals surface area contributed by atoms with E-state index < -0.39 is 23.6 Å². The van der Waals surface area contributed by atoms with Gasteiger partial charge in [-0.3, -0.25) is 19.8 Å². The molecule has 0 spiro atoms. The first kappa shape index (κ1) is 23.9. The first-order chi connectivity index (χ1) is 17.4. The van der Waals surface area contributed by atoms with Gasteiger partial charge in [0.1, 0.15) is 5.75 Å². The topological polar surface area (TPSA) is 130 Å². The van der Waals surface area contributed by atoms with Crippen LogP contribution in [-0.2, 0) is 16.1 Å². The van der Waals surface area contributed by atoms with Crippen LogP contribution in [0.1, 0.15) is 31.8 Å². The molecule has 2 N–H and O–H groups in total. The minimum absolute atomic E-state index is 0.127. The van der Waals surface area contributed by atoms with Gasteiger partial charge in [-0.2, -0.15) is 0 Å². The summed E-state index contributed by atoms with van der Waals surface area (Å²) in [6, 6.07) is 8.08. The van der Waals surface area contributed by atoms with E-state index >= 15 is 0 Å². The average molecular weight is 510 g/mol. The van der Waals surface area contributed by atoms with Crippen LogP contribution in [-0.4, -0.2) is 73.1 Å². The van der Waals surface area contributed by atoms with Crippen molar-refractivity contribution in [3.63, 3.8) is 0 Å². The molecule has 1 unspecified atom stereocenters. The Morgan fingerprint density at radius 1 is 1.22 bits per heavy atom. The van der Waals surface area contributed by atoms with Gasteiger partial charge in [0.2, 0.25) is 5.54 Å². The van der Waals surface area contributed by atoms with E-state index in [-0.39, 0.29) is 19.0 Å². The Kier molecular flexibility index (Phi) is 6.44. The summed E-state index contributed by atoms with van der Waals surface area (Å²) < 4.78 is 10.6. The molecule has 0 aliphatic carbocycles. The van der Waals surface area contributed by atoms with Crippen LogP contribution in [0, 0.1) is 16.7 Å². The molecular formula is C24H23N5O6S. The summed E-state index contributed by atoms with van der Waals surface area (Å²) in [6.45, 7) is 2.42. The van der Waals surface area contributed by atoms with Gasteiger partial charge in [-0.15, -0.1) is 16.2 Å². The predicted molar refractivity (Wildman–Crippen MR) is 129 cm³/mol. The van der Waals surface area contributed by atoms with Crippen molar-refractivity contribution < 1.29 is 23.9 Å². The smallest absolute Gasteiger partial charge is 0.323 e. The minimum atomic E-state index is -1.62. The van der Waals surface area contributed by atoms with E-state index in [9.17, 15) is 19.3 Å². The number of hydrogen-bond acceptors (Lipinski definition) is 9. The van der Waals surface area contributed by atoms with E-state index in [0.29, 0.717) is 42.5 Å². The second kappa shape index (κ2) is 9.69.